The Kier molecular flexibility index (Phi) is 1.95. The maximum Gasteiger partial charge on any atom is 0.134 e. The van der Waals surface area contributed by atoms with Crippen LogP contribution in [0.1, 0.15) is 35.4 Å². The summed E-state index contributed by atoms with van der Waals surface area (Å²) in [6.45, 7) is 4.27. The van der Waals surface area contributed by atoms with Gasteiger partial charge in [-0.2, -0.15) is 0 Å². The molecule has 0 amide bonds. The third-order valence-corrected chi connectivity index (χ3v) is 3.03. The maximum atomic E-state index is 10.9. The Balaban J connectivity index is 2.30. The Labute approximate surface area is 78.8 Å². The zero-order valence-electron chi connectivity index (χ0n) is 8.13. The molecule has 1 aromatic carbocycles. The first-order chi connectivity index (χ1) is 6.18. The highest BCUT2D eigenvalue weighted by molar-refractivity contribution is 5.86. The van der Waals surface area contributed by atoms with Gasteiger partial charge in [0.1, 0.15) is 5.78 Å². The summed E-state index contributed by atoms with van der Waals surface area (Å²) in [5.74, 6) is 0.915. The van der Waals surface area contributed by atoms with E-state index >= 15 is 0 Å². The van der Waals surface area contributed by atoms with Crippen molar-refractivity contribution in [3.05, 3.63) is 34.9 Å². The van der Waals surface area contributed by atoms with Crippen LogP contribution in [-0.2, 0) is 4.79 Å². The summed E-state index contributed by atoms with van der Waals surface area (Å²) in [7, 11) is 0. The minimum Gasteiger partial charge on any atom is -0.300 e. The lowest BCUT2D eigenvalue weighted by Crippen LogP contribution is -2.21. The van der Waals surface area contributed by atoms with Crippen molar-refractivity contribution in [1.82, 2.24) is 0 Å². The van der Waals surface area contributed by atoms with Crippen LogP contribution in [0.2, 0.25) is 0 Å². The highest BCUT2D eigenvalue weighted by atomic mass is 16.1. The number of rotatable bonds is 1. The quantitative estimate of drug-likeness (QED) is 0.639. The van der Waals surface area contributed by atoms with E-state index in [-0.39, 0.29) is 0 Å². The van der Waals surface area contributed by atoms with Gasteiger partial charge in [0.15, 0.2) is 0 Å². The highest BCUT2D eigenvalue weighted by Gasteiger charge is 2.28. The summed E-state index contributed by atoms with van der Waals surface area (Å²) >= 11 is 0. The molecular weight excluding hydrogens is 160 g/mol. The Morgan fingerprint density at radius 1 is 1.23 bits per heavy atom. The van der Waals surface area contributed by atoms with Gasteiger partial charge in [0.05, 0.1) is 0 Å². The number of benzene rings is 1. The van der Waals surface area contributed by atoms with Gasteiger partial charge in [-0.05, 0) is 36.5 Å². The van der Waals surface area contributed by atoms with Gasteiger partial charge in [-0.3, -0.25) is 4.79 Å². The molecule has 0 aliphatic heterocycles. The molecule has 0 unspecified atom stereocenters. The molecule has 0 spiro atoms. The van der Waals surface area contributed by atoms with Crippen LogP contribution in [0.3, 0.4) is 0 Å². The fourth-order valence-corrected chi connectivity index (χ4v) is 1.93. The van der Waals surface area contributed by atoms with Crippen molar-refractivity contribution in [2.45, 2.75) is 32.6 Å². The molecule has 1 aliphatic rings. The Morgan fingerprint density at radius 2 is 1.92 bits per heavy atom. The number of hydrogen-bond donors (Lipinski definition) is 0. The smallest absolute Gasteiger partial charge is 0.134 e. The molecule has 1 heteroatoms. The highest BCUT2D eigenvalue weighted by Crippen LogP contribution is 2.35. The summed E-state index contributed by atoms with van der Waals surface area (Å²) in [6, 6.07) is 6.36. The average molecular weight is 174 g/mol. The first-order valence-corrected chi connectivity index (χ1v) is 4.76. The summed E-state index contributed by atoms with van der Waals surface area (Å²) in [6.07, 6.45) is 1.51. The predicted molar refractivity (Wildman–Crippen MR) is 52.9 cm³/mol. The molecule has 0 N–H and O–H groups in total. The van der Waals surface area contributed by atoms with Gasteiger partial charge in [-0.1, -0.05) is 18.2 Å². The number of carbonyl (C=O) groups excluding carboxylic acids is 1. The van der Waals surface area contributed by atoms with Crippen molar-refractivity contribution >= 4 is 5.78 Å². The van der Waals surface area contributed by atoms with Crippen LogP contribution in [0.25, 0.3) is 0 Å². The molecule has 13 heavy (non-hydrogen) atoms. The van der Waals surface area contributed by atoms with Crippen molar-refractivity contribution < 1.29 is 4.79 Å². The van der Waals surface area contributed by atoms with E-state index < -0.39 is 0 Å². The van der Waals surface area contributed by atoms with Gasteiger partial charge in [0.25, 0.3) is 0 Å². The minimum atomic E-state index is 0.408. The SMILES string of the molecule is Cc1cccc(C2CC(=O)C2)c1C. The fraction of sp³-hybridized carbons (Fsp3) is 0.417. The second-order valence-corrected chi connectivity index (χ2v) is 3.93. The van der Waals surface area contributed by atoms with E-state index in [1.54, 1.807) is 0 Å². The van der Waals surface area contributed by atoms with E-state index in [4.69, 9.17) is 0 Å². The van der Waals surface area contributed by atoms with E-state index in [1.165, 1.54) is 16.7 Å². The van der Waals surface area contributed by atoms with Crippen molar-refractivity contribution in [2.24, 2.45) is 0 Å². The molecule has 1 aromatic rings. The van der Waals surface area contributed by atoms with E-state index in [0.29, 0.717) is 11.7 Å². The number of carbonyl (C=O) groups is 1. The monoisotopic (exact) mass is 174 g/mol. The second-order valence-electron chi connectivity index (χ2n) is 3.93. The van der Waals surface area contributed by atoms with E-state index in [2.05, 4.69) is 32.0 Å². The van der Waals surface area contributed by atoms with Crippen molar-refractivity contribution in [1.29, 1.82) is 0 Å². The fourth-order valence-electron chi connectivity index (χ4n) is 1.93. The number of Topliss-reactive ketones (excluding diaryl/α,β-unsaturated/α-hetero) is 1. The van der Waals surface area contributed by atoms with Crippen LogP contribution in [0, 0.1) is 13.8 Å². The molecule has 0 atom stereocenters. The summed E-state index contributed by atoms with van der Waals surface area (Å²) in [5.41, 5.74) is 4.07. The van der Waals surface area contributed by atoms with Crippen LogP contribution in [0.4, 0.5) is 0 Å². The molecule has 1 fully saturated rings. The third-order valence-electron chi connectivity index (χ3n) is 3.03. The van der Waals surface area contributed by atoms with Gasteiger partial charge < -0.3 is 0 Å². The Bertz CT molecular complexity index is 344. The Morgan fingerprint density at radius 3 is 2.54 bits per heavy atom. The molecule has 1 nitrogen and oxygen atoms in total. The van der Waals surface area contributed by atoms with Gasteiger partial charge in [0.2, 0.25) is 0 Å². The molecule has 0 saturated heterocycles. The molecule has 0 aromatic heterocycles. The van der Waals surface area contributed by atoms with E-state index in [0.717, 1.165) is 12.8 Å². The number of aryl methyl sites for hydroxylation is 1. The van der Waals surface area contributed by atoms with Crippen LogP contribution in [0.15, 0.2) is 18.2 Å². The molecule has 0 heterocycles. The van der Waals surface area contributed by atoms with Gasteiger partial charge >= 0.3 is 0 Å². The third kappa shape index (κ3) is 1.39. The normalized spacial score (nSPS) is 17.2. The Hall–Kier alpha value is -1.11. The van der Waals surface area contributed by atoms with Gasteiger partial charge in [-0.25, -0.2) is 0 Å². The minimum absolute atomic E-state index is 0.408. The van der Waals surface area contributed by atoms with Crippen molar-refractivity contribution in [3.63, 3.8) is 0 Å². The van der Waals surface area contributed by atoms with Gasteiger partial charge in [-0.15, -0.1) is 0 Å². The van der Waals surface area contributed by atoms with Crippen LogP contribution >= 0.6 is 0 Å². The number of hydrogen-bond acceptors (Lipinski definition) is 1. The lowest BCUT2D eigenvalue weighted by Gasteiger charge is -2.26. The van der Waals surface area contributed by atoms with Crippen LogP contribution < -0.4 is 0 Å². The molecule has 68 valence electrons. The molecule has 1 aliphatic carbocycles. The van der Waals surface area contributed by atoms with E-state index in [9.17, 15) is 4.79 Å². The molecular formula is C12H14O. The van der Waals surface area contributed by atoms with Crippen LogP contribution in [-0.4, -0.2) is 5.78 Å². The largest absolute Gasteiger partial charge is 0.300 e. The van der Waals surface area contributed by atoms with Crippen molar-refractivity contribution in [3.8, 4) is 0 Å². The second kappa shape index (κ2) is 2.99. The molecule has 0 bridgehead atoms. The molecule has 0 radical (unpaired) electrons. The average Bonchev–Trinajstić information content (AvgIpc) is 2.05. The maximum absolute atomic E-state index is 10.9. The van der Waals surface area contributed by atoms with Crippen molar-refractivity contribution in [2.75, 3.05) is 0 Å². The van der Waals surface area contributed by atoms with Gasteiger partial charge in [0, 0.05) is 12.8 Å². The zero-order chi connectivity index (χ0) is 9.42. The lowest BCUT2D eigenvalue weighted by atomic mass is 9.77. The lowest BCUT2D eigenvalue weighted by molar-refractivity contribution is -0.124. The van der Waals surface area contributed by atoms with E-state index in [1.807, 2.05) is 0 Å². The zero-order valence-corrected chi connectivity index (χ0v) is 8.13. The topological polar surface area (TPSA) is 17.1 Å². The predicted octanol–water partition coefficient (Wildman–Crippen LogP) is 2.75. The molecule has 1 saturated carbocycles. The first-order valence-electron chi connectivity index (χ1n) is 4.76. The standard InChI is InChI=1S/C12H14O/c1-8-4-3-5-12(9(8)2)10-6-11(13)7-10/h3-5,10H,6-7H2,1-2H3. The van der Waals surface area contributed by atoms with Crippen LogP contribution in [0.5, 0.6) is 0 Å². The summed E-state index contributed by atoms with van der Waals surface area (Å²) < 4.78 is 0. The first kappa shape index (κ1) is 8.49. The summed E-state index contributed by atoms with van der Waals surface area (Å²) in [5, 5.41) is 0. The molecule has 2 rings (SSSR count). The summed E-state index contributed by atoms with van der Waals surface area (Å²) in [4.78, 5) is 10.9. The number of ketones is 1.